The highest BCUT2D eigenvalue weighted by molar-refractivity contribution is 6.27. The van der Waals surface area contributed by atoms with Crippen LogP contribution in [0, 0.1) is 5.92 Å². The fraction of sp³-hybridized carbons (Fsp3) is 0.444. The minimum absolute atomic E-state index is 0.000991. The van der Waals surface area contributed by atoms with E-state index in [9.17, 15) is 28.8 Å². The molecule has 3 rings (SSSR count). The van der Waals surface area contributed by atoms with Gasteiger partial charge in [-0.3, -0.25) is 34.2 Å². The predicted molar refractivity (Wildman–Crippen MR) is 140 cm³/mol. The molecular weight excluding hydrogens is 526 g/mol. The molecule has 0 fully saturated rings. The number of methoxy groups -OCH3 is 1. The third-order valence-electron chi connectivity index (χ3n) is 5.88. The van der Waals surface area contributed by atoms with Gasteiger partial charge < -0.3 is 18.9 Å². The molecule has 0 saturated carbocycles. The molecule has 40 heavy (non-hydrogen) atoms. The molecule has 2 heterocycles. The number of nitrogens with zero attached hydrogens (tertiary/aromatic N) is 2. The lowest BCUT2D eigenvalue weighted by Crippen LogP contribution is -2.38. The molecule has 0 aliphatic carbocycles. The third-order valence-corrected chi connectivity index (χ3v) is 5.88. The van der Waals surface area contributed by atoms with E-state index in [-0.39, 0.29) is 46.6 Å². The zero-order chi connectivity index (χ0) is 29.9. The Balaban J connectivity index is 2.39. The first-order valence-corrected chi connectivity index (χ1v) is 12.5. The third kappa shape index (κ3) is 5.72. The molecule has 0 unspecified atom stereocenters. The highest BCUT2D eigenvalue weighted by atomic mass is 16.6. The van der Waals surface area contributed by atoms with Crippen LogP contribution in [0.15, 0.2) is 18.2 Å². The van der Waals surface area contributed by atoms with Crippen molar-refractivity contribution in [1.82, 2.24) is 9.88 Å². The normalized spacial score (nSPS) is 13.7. The molecule has 1 aliphatic heterocycles. The second-order valence-electron chi connectivity index (χ2n) is 9.73. The van der Waals surface area contributed by atoms with Crippen LogP contribution in [0.3, 0.4) is 0 Å². The average molecular weight is 558 g/mol. The summed E-state index contributed by atoms with van der Waals surface area (Å²) in [6.45, 7) is 7.77. The number of ether oxygens (including phenoxy) is 4. The van der Waals surface area contributed by atoms with Crippen molar-refractivity contribution in [3.63, 3.8) is 0 Å². The van der Waals surface area contributed by atoms with Crippen LogP contribution in [0.4, 0.5) is 10.5 Å². The summed E-state index contributed by atoms with van der Waals surface area (Å²) in [5, 5.41) is 2.74. The van der Waals surface area contributed by atoms with Crippen LogP contribution in [0.1, 0.15) is 66.9 Å². The fourth-order valence-corrected chi connectivity index (χ4v) is 4.28. The molecule has 1 aromatic carbocycles. The maximum Gasteiger partial charge on any atom is 0.412 e. The molecular formula is C27H31N3O10. The minimum atomic E-state index is -1.92. The summed E-state index contributed by atoms with van der Waals surface area (Å²) in [6.07, 6.45) is -0.830. The van der Waals surface area contributed by atoms with Crippen molar-refractivity contribution in [2.45, 2.75) is 46.1 Å². The van der Waals surface area contributed by atoms with E-state index in [1.54, 1.807) is 20.8 Å². The largest absolute Gasteiger partial charge is 0.468 e. The SMILES string of the molecule is CCOC(=O)C(C(=O)OCC)[C@@H](C(=O)OC)c1nc2c(NC(=O)OC(C)(C)C)cccc2c2c1C(=O)N(C)C2=O. The van der Waals surface area contributed by atoms with Gasteiger partial charge in [-0.25, -0.2) is 9.78 Å². The van der Waals surface area contributed by atoms with Crippen LogP contribution in [0.2, 0.25) is 0 Å². The van der Waals surface area contributed by atoms with E-state index in [1.165, 1.54) is 39.1 Å². The lowest BCUT2D eigenvalue weighted by atomic mass is 9.85. The topological polar surface area (TPSA) is 168 Å². The Kier molecular flexibility index (Phi) is 8.76. The highest BCUT2D eigenvalue weighted by Gasteiger charge is 2.49. The van der Waals surface area contributed by atoms with Crippen molar-refractivity contribution in [2.24, 2.45) is 5.92 Å². The Morgan fingerprint density at radius 2 is 1.52 bits per heavy atom. The monoisotopic (exact) mass is 557 g/mol. The summed E-state index contributed by atoms with van der Waals surface area (Å²) in [5.41, 5.74) is -1.55. The Bertz CT molecular complexity index is 1380. The molecule has 13 heteroatoms. The summed E-state index contributed by atoms with van der Waals surface area (Å²) >= 11 is 0. The second kappa shape index (κ2) is 11.7. The quantitative estimate of drug-likeness (QED) is 0.219. The van der Waals surface area contributed by atoms with E-state index in [4.69, 9.17) is 18.9 Å². The number of fused-ring (bicyclic) bond motifs is 3. The maximum atomic E-state index is 13.3. The number of hydrogen-bond acceptors (Lipinski definition) is 11. The lowest BCUT2D eigenvalue weighted by molar-refractivity contribution is -0.167. The molecule has 2 aromatic rings. The smallest absolute Gasteiger partial charge is 0.412 e. The summed E-state index contributed by atoms with van der Waals surface area (Å²) in [6, 6.07) is 4.52. The van der Waals surface area contributed by atoms with Gasteiger partial charge in [-0.2, -0.15) is 0 Å². The molecule has 0 bridgehead atoms. The standard InChI is InChI=1S/C27H31N3O10/c1-8-38-24(34)18(25(35)39-9-2)17(23(33)37-7)20-16-15(21(31)30(6)22(16)32)13-11-10-12-14(19(13)29-20)28-26(36)40-27(3,4)5/h10-12,17-18H,8-9H2,1-7H3,(H,28,36)/t17-/m1/s1. The number of pyridine rings is 1. The minimum Gasteiger partial charge on any atom is -0.468 e. The summed E-state index contributed by atoms with van der Waals surface area (Å²) in [4.78, 5) is 83.7. The van der Waals surface area contributed by atoms with Crippen molar-refractivity contribution in [2.75, 3.05) is 32.7 Å². The van der Waals surface area contributed by atoms with Crippen LogP contribution < -0.4 is 5.32 Å². The number of aromatic nitrogens is 1. The first-order chi connectivity index (χ1) is 18.8. The fourth-order valence-electron chi connectivity index (χ4n) is 4.28. The van der Waals surface area contributed by atoms with Gasteiger partial charge in [-0.05, 0) is 40.7 Å². The maximum absolute atomic E-state index is 13.3. The second-order valence-corrected chi connectivity index (χ2v) is 9.73. The number of hydrogen-bond donors (Lipinski definition) is 1. The number of esters is 3. The molecule has 1 N–H and O–H groups in total. The molecule has 1 atom stereocenters. The van der Waals surface area contributed by atoms with E-state index in [2.05, 4.69) is 10.3 Å². The number of rotatable bonds is 8. The van der Waals surface area contributed by atoms with Crippen LogP contribution >= 0.6 is 0 Å². The number of benzene rings is 1. The van der Waals surface area contributed by atoms with Crippen molar-refractivity contribution >= 4 is 52.4 Å². The number of anilines is 1. The van der Waals surface area contributed by atoms with Crippen LogP contribution in [-0.4, -0.2) is 78.7 Å². The Morgan fingerprint density at radius 1 is 0.950 bits per heavy atom. The van der Waals surface area contributed by atoms with Gasteiger partial charge in [0.15, 0.2) is 5.92 Å². The van der Waals surface area contributed by atoms with Crippen molar-refractivity contribution < 1.29 is 47.7 Å². The molecule has 3 amide bonds. The number of imide groups is 1. The van der Waals surface area contributed by atoms with Crippen LogP contribution in [0.25, 0.3) is 10.9 Å². The van der Waals surface area contributed by atoms with E-state index >= 15 is 0 Å². The number of carbonyl (C=O) groups is 6. The molecule has 0 radical (unpaired) electrons. The Morgan fingerprint density at radius 3 is 2.05 bits per heavy atom. The molecule has 0 saturated heterocycles. The first-order valence-electron chi connectivity index (χ1n) is 12.5. The zero-order valence-electron chi connectivity index (χ0n) is 23.3. The van der Waals surface area contributed by atoms with Gasteiger partial charge in [0.25, 0.3) is 11.8 Å². The Hall–Kier alpha value is -4.55. The molecule has 1 aliphatic rings. The lowest BCUT2D eigenvalue weighted by Gasteiger charge is -2.24. The number of carbonyl (C=O) groups excluding carboxylic acids is 6. The van der Waals surface area contributed by atoms with Crippen molar-refractivity contribution in [1.29, 1.82) is 0 Å². The Labute approximate surface area is 230 Å². The van der Waals surface area contributed by atoms with Gasteiger partial charge in [0.2, 0.25) is 0 Å². The first kappa shape index (κ1) is 30.0. The van der Waals surface area contributed by atoms with E-state index in [0.29, 0.717) is 0 Å². The van der Waals surface area contributed by atoms with E-state index in [0.717, 1.165) is 12.0 Å². The molecule has 1 aromatic heterocycles. The molecule has 214 valence electrons. The zero-order valence-corrected chi connectivity index (χ0v) is 23.3. The van der Waals surface area contributed by atoms with Crippen LogP contribution in [-0.2, 0) is 33.3 Å². The predicted octanol–water partition coefficient (Wildman–Crippen LogP) is 2.81. The number of para-hydroxylation sites is 1. The van der Waals surface area contributed by atoms with E-state index in [1.807, 2.05) is 0 Å². The van der Waals surface area contributed by atoms with Gasteiger partial charge in [-0.1, -0.05) is 12.1 Å². The summed E-state index contributed by atoms with van der Waals surface area (Å²) in [7, 11) is 2.27. The van der Waals surface area contributed by atoms with Gasteiger partial charge in [0.1, 0.15) is 11.5 Å². The number of nitrogens with one attached hydrogen (secondary N) is 1. The highest BCUT2D eigenvalue weighted by Crippen LogP contribution is 2.39. The number of amides is 3. The molecule has 0 spiro atoms. The molecule has 13 nitrogen and oxygen atoms in total. The van der Waals surface area contributed by atoms with Gasteiger partial charge in [0, 0.05) is 12.4 Å². The van der Waals surface area contributed by atoms with E-state index < -0.39 is 53.3 Å². The summed E-state index contributed by atoms with van der Waals surface area (Å²) < 4.78 is 20.4. The van der Waals surface area contributed by atoms with Crippen molar-refractivity contribution in [3.8, 4) is 0 Å². The van der Waals surface area contributed by atoms with Gasteiger partial charge >= 0.3 is 24.0 Å². The van der Waals surface area contributed by atoms with Crippen molar-refractivity contribution in [3.05, 3.63) is 35.0 Å². The average Bonchev–Trinajstić information content (AvgIpc) is 3.10. The van der Waals surface area contributed by atoms with Gasteiger partial charge in [0.05, 0.1) is 48.3 Å². The van der Waals surface area contributed by atoms with Crippen LogP contribution in [0.5, 0.6) is 0 Å². The summed E-state index contributed by atoms with van der Waals surface area (Å²) in [5.74, 6) is -8.60. The van der Waals surface area contributed by atoms with Gasteiger partial charge in [-0.15, -0.1) is 0 Å².